The molecular formula is C12H18F3NO3S. The Morgan fingerprint density at radius 2 is 1.80 bits per heavy atom. The number of amides is 1. The van der Waals surface area contributed by atoms with Crippen LogP contribution >= 0.6 is 11.8 Å². The highest BCUT2D eigenvalue weighted by molar-refractivity contribution is 8.00. The highest BCUT2D eigenvalue weighted by atomic mass is 32.2. The quantitative estimate of drug-likeness (QED) is 0.790. The van der Waals surface area contributed by atoms with Gasteiger partial charge in [0.1, 0.15) is 0 Å². The molecule has 20 heavy (non-hydrogen) atoms. The molecule has 0 unspecified atom stereocenters. The molecule has 0 spiro atoms. The number of rotatable bonds is 6. The Labute approximate surface area is 119 Å². The highest BCUT2D eigenvalue weighted by Crippen LogP contribution is 2.36. The number of carboxylic acids is 1. The van der Waals surface area contributed by atoms with Gasteiger partial charge in [0, 0.05) is 6.54 Å². The Morgan fingerprint density at radius 1 is 1.20 bits per heavy atom. The van der Waals surface area contributed by atoms with Crippen molar-refractivity contribution in [2.75, 3.05) is 18.1 Å². The van der Waals surface area contributed by atoms with Crippen LogP contribution in [0.3, 0.4) is 0 Å². The Hall–Kier alpha value is -0.920. The normalized spacial score (nSPS) is 18.6. The second-order valence-electron chi connectivity index (χ2n) is 5.03. The maximum absolute atomic E-state index is 11.9. The van der Waals surface area contributed by atoms with Gasteiger partial charge < -0.3 is 10.4 Å². The van der Waals surface area contributed by atoms with Gasteiger partial charge in [-0.1, -0.05) is 19.3 Å². The average Bonchev–Trinajstić information content (AvgIpc) is 2.36. The molecule has 0 aromatic rings. The third kappa shape index (κ3) is 5.60. The fourth-order valence-corrected chi connectivity index (χ4v) is 2.89. The first-order valence-corrected chi connectivity index (χ1v) is 7.55. The number of nitrogens with one attached hydrogen (secondary N) is 1. The molecule has 1 amide bonds. The lowest BCUT2D eigenvalue weighted by Crippen LogP contribution is -2.44. The minimum Gasteiger partial charge on any atom is -0.481 e. The van der Waals surface area contributed by atoms with E-state index in [4.69, 9.17) is 0 Å². The number of carboxylic acid groups (broad SMARTS) is 1. The largest absolute Gasteiger partial charge is 0.481 e. The molecule has 0 heterocycles. The summed E-state index contributed by atoms with van der Waals surface area (Å²) < 4.78 is 35.8. The van der Waals surface area contributed by atoms with Crippen LogP contribution in [0.25, 0.3) is 0 Å². The fourth-order valence-electron chi connectivity index (χ4n) is 2.27. The van der Waals surface area contributed by atoms with Crippen LogP contribution < -0.4 is 5.32 Å². The predicted molar refractivity (Wildman–Crippen MR) is 69.5 cm³/mol. The van der Waals surface area contributed by atoms with Gasteiger partial charge in [-0.3, -0.25) is 9.59 Å². The van der Waals surface area contributed by atoms with Crippen molar-refractivity contribution in [1.29, 1.82) is 0 Å². The number of thioether (sulfide) groups is 1. The van der Waals surface area contributed by atoms with Crippen LogP contribution in [-0.2, 0) is 9.59 Å². The molecule has 0 bridgehead atoms. The lowest BCUT2D eigenvalue weighted by molar-refractivity contribution is -0.151. The number of alkyl halides is 3. The zero-order valence-electron chi connectivity index (χ0n) is 11.0. The maximum atomic E-state index is 11.9. The van der Waals surface area contributed by atoms with E-state index in [1.807, 2.05) is 0 Å². The van der Waals surface area contributed by atoms with Gasteiger partial charge in [0.2, 0.25) is 5.91 Å². The van der Waals surface area contributed by atoms with Crippen LogP contribution in [0.2, 0.25) is 0 Å². The first-order valence-electron chi connectivity index (χ1n) is 6.40. The Balaban J connectivity index is 2.36. The molecule has 4 nitrogen and oxygen atoms in total. The molecule has 0 radical (unpaired) electrons. The summed E-state index contributed by atoms with van der Waals surface area (Å²) in [5, 5.41) is 11.7. The molecule has 0 aromatic carbocycles. The maximum Gasteiger partial charge on any atom is 0.397 e. The van der Waals surface area contributed by atoms with Crippen LogP contribution in [0, 0.1) is 5.41 Å². The van der Waals surface area contributed by atoms with E-state index in [0.29, 0.717) is 24.6 Å². The fraction of sp³-hybridized carbons (Fsp3) is 0.833. The van der Waals surface area contributed by atoms with Gasteiger partial charge in [-0.15, -0.1) is 11.8 Å². The third-order valence-corrected chi connectivity index (χ3v) is 4.38. The SMILES string of the molecule is O=C(CSCC(F)(F)F)NCC1(C(=O)O)CCCCC1. The van der Waals surface area contributed by atoms with Crippen molar-refractivity contribution < 1.29 is 27.9 Å². The molecule has 0 atom stereocenters. The number of carbonyl (C=O) groups is 2. The monoisotopic (exact) mass is 313 g/mol. The van der Waals surface area contributed by atoms with E-state index in [1.165, 1.54) is 0 Å². The van der Waals surface area contributed by atoms with Crippen LogP contribution in [-0.4, -0.2) is 41.2 Å². The highest BCUT2D eigenvalue weighted by Gasteiger charge is 2.39. The molecule has 0 aromatic heterocycles. The summed E-state index contributed by atoms with van der Waals surface area (Å²) in [5.74, 6) is -2.88. The summed E-state index contributed by atoms with van der Waals surface area (Å²) in [6.07, 6.45) is -0.729. The van der Waals surface area contributed by atoms with Crippen LogP contribution in [0.15, 0.2) is 0 Å². The summed E-state index contributed by atoms with van der Waals surface area (Å²) in [7, 11) is 0. The molecule has 0 aliphatic heterocycles. The Morgan fingerprint density at radius 3 is 2.30 bits per heavy atom. The average molecular weight is 313 g/mol. The number of hydrogen-bond donors (Lipinski definition) is 2. The van der Waals surface area contributed by atoms with Crippen molar-refractivity contribution in [3.05, 3.63) is 0 Å². The predicted octanol–water partition coefficient (Wildman–Crippen LogP) is 2.43. The Bertz CT molecular complexity index is 354. The number of aliphatic carboxylic acids is 1. The zero-order chi connectivity index (χ0) is 15.2. The van der Waals surface area contributed by atoms with Crippen molar-refractivity contribution >= 4 is 23.6 Å². The van der Waals surface area contributed by atoms with Gasteiger partial charge in [0.05, 0.1) is 16.9 Å². The number of hydrogen-bond acceptors (Lipinski definition) is 3. The minimum atomic E-state index is -4.30. The summed E-state index contributed by atoms with van der Waals surface area (Å²) >= 11 is 0.478. The van der Waals surface area contributed by atoms with Gasteiger partial charge in [-0.05, 0) is 12.8 Å². The molecule has 116 valence electrons. The van der Waals surface area contributed by atoms with Crippen molar-refractivity contribution in [2.45, 2.75) is 38.3 Å². The lowest BCUT2D eigenvalue weighted by Gasteiger charge is -2.33. The molecule has 1 saturated carbocycles. The van der Waals surface area contributed by atoms with E-state index in [-0.39, 0.29) is 12.3 Å². The van der Waals surface area contributed by atoms with Gasteiger partial charge in [0.15, 0.2) is 0 Å². The molecule has 1 fully saturated rings. The van der Waals surface area contributed by atoms with Gasteiger partial charge >= 0.3 is 12.1 Å². The van der Waals surface area contributed by atoms with Crippen LogP contribution in [0.4, 0.5) is 13.2 Å². The molecule has 1 aliphatic carbocycles. The van der Waals surface area contributed by atoms with Crippen LogP contribution in [0.5, 0.6) is 0 Å². The summed E-state index contributed by atoms with van der Waals surface area (Å²) in [6.45, 7) is -0.00621. The minimum absolute atomic E-state index is 0.00621. The van der Waals surface area contributed by atoms with Gasteiger partial charge in [-0.2, -0.15) is 13.2 Å². The lowest BCUT2D eigenvalue weighted by atomic mass is 9.74. The number of carbonyl (C=O) groups excluding carboxylic acids is 1. The van der Waals surface area contributed by atoms with Crippen molar-refractivity contribution in [3.8, 4) is 0 Å². The zero-order valence-corrected chi connectivity index (χ0v) is 11.8. The van der Waals surface area contributed by atoms with E-state index in [9.17, 15) is 27.9 Å². The molecule has 1 rings (SSSR count). The van der Waals surface area contributed by atoms with E-state index < -0.39 is 29.2 Å². The standard InChI is InChI=1S/C12H18F3NO3S/c13-12(14,15)8-20-6-9(17)16-7-11(10(18)19)4-2-1-3-5-11/h1-8H2,(H,16,17)(H,18,19). The smallest absolute Gasteiger partial charge is 0.397 e. The third-order valence-electron chi connectivity index (χ3n) is 3.39. The van der Waals surface area contributed by atoms with E-state index in [1.54, 1.807) is 0 Å². The van der Waals surface area contributed by atoms with Gasteiger partial charge in [0.25, 0.3) is 0 Å². The van der Waals surface area contributed by atoms with Crippen molar-refractivity contribution in [2.24, 2.45) is 5.41 Å². The van der Waals surface area contributed by atoms with E-state index in [2.05, 4.69) is 5.32 Å². The van der Waals surface area contributed by atoms with Crippen molar-refractivity contribution in [3.63, 3.8) is 0 Å². The molecule has 1 aliphatic rings. The Kier molecular flexibility index (Phi) is 6.16. The summed E-state index contributed by atoms with van der Waals surface area (Å²) in [5.41, 5.74) is -0.956. The van der Waals surface area contributed by atoms with Gasteiger partial charge in [-0.25, -0.2) is 0 Å². The first-order chi connectivity index (χ1) is 9.25. The second-order valence-corrected chi connectivity index (χ2v) is 6.02. The molecule has 2 N–H and O–H groups in total. The number of halogens is 3. The van der Waals surface area contributed by atoms with Crippen molar-refractivity contribution in [1.82, 2.24) is 5.32 Å². The summed E-state index contributed by atoms with van der Waals surface area (Å²) in [4.78, 5) is 22.8. The molecule has 0 saturated heterocycles. The van der Waals surface area contributed by atoms with Crippen LogP contribution in [0.1, 0.15) is 32.1 Å². The second kappa shape index (κ2) is 7.19. The topological polar surface area (TPSA) is 66.4 Å². The van der Waals surface area contributed by atoms with E-state index in [0.717, 1.165) is 19.3 Å². The van der Waals surface area contributed by atoms with E-state index >= 15 is 0 Å². The first kappa shape index (κ1) is 17.1. The summed E-state index contributed by atoms with van der Waals surface area (Å²) in [6, 6.07) is 0. The molecular weight excluding hydrogens is 295 g/mol. The molecule has 8 heteroatoms.